The van der Waals surface area contributed by atoms with Crippen LogP contribution in [-0.2, 0) is 10.2 Å². The van der Waals surface area contributed by atoms with E-state index in [1.54, 1.807) is 37.4 Å². The summed E-state index contributed by atoms with van der Waals surface area (Å²) in [5.41, 5.74) is 2.17. The maximum atomic E-state index is 15.9. The van der Waals surface area contributed by atoms with Crippen LogP contribution in [0.4, 0.5) is 15.8 Å². The van der Waals surface area contributed by atoms with E-state index in [-0.39, 0.29) is 28.3 Å². The van der Waals surface area contributed by atoms with Crippen LogP contribution in [0.15, 0.2) is 54.6 Å². The Morgan fingerprint density at radius 3 is 2.57 bits per heavy atom. The topological polar surface area (TPSA) is 91.5 Å². The molecule has 3 aromatic rings. The van der Waals surface area contributed by atoms with E-state index in [1.165, 1.54) is 13.2 Å². The zero-order chi connectivity index (χ0) is 30.4. The van der Waals surface area contributed by atoms with Crippen LogP contribution in [0, 0.1) is 11.2 Å². The van der Waals surface area contributed by atoms with Crippen LogP contribution in [-0.4, -0.2) is 44.6 Å². The molecule has 0 unspecified atom stereocenters. The lowest BCUT2D eigenvalue weighted by Crippen LogP contribution is -2.46. The minimum atomic E-state index is -0.836. The van der Waals surface area contributed by atoms with E-state index >= 15 is 4.39 Å². The first kappa shape index (κ1) is 30.1. The minimum absolute atomic E-state index is 0.00479. The summed E-state index contributed by atoms with van der Waals surface area (Å²) >= 11 is 12.7. The van der Waals surface area contributed by atoms with Gasteiger partial charge in [0.25, 0.3) is 5.91 Å². The predicted molar refractivity (Wildman–Crippen MR) is 166 cm³/mol. The number of methoxy groups -OCH3 is 1. The molecule has 1 spiro atoms. The fraction of sp³-hybridized carbons (Fsp3) is 0.375. The molecule has 0 radical (unpaired) electrons. The average Bonchev–Trinajstić information content (AvgIpc) is 3.47. The molecule has 1 fully saturated rings. The Morgan fingerprint density at radius 2 is 1.88 bits per heavy atom. The summed E-state index contributed by atoms with van der Waals surface area (Å²) in [6.45, 7) is 6.92. The minimum Gasteiger partial charge on any atom is -0.495 e. The van der Waals surface area contributed by atoms with Crippen LogP contribution < -0.4 is 26.0 Å². The number of amides is 2. The summed E-state index contributed by atoms with van der Waals surface area (Å²) < 4.78 is 21.5. The molecule has 2 heterocycles. The second-order valence-corrected chi connectivity index (χ2v) is 13.0. The van der Waals surface area contributed by atoms with Gasteiger partial charge in [0.05, 0.1) is 23.9 Å². The van der Waals surface area contributed by atoms with Gasteiger partial charge in [-0.3, -0.25) is 9.59 Å². The van der Waals surface area contributed by atoms with Crippen molar-refractivity contribution < 1.29 is 18.7 Å². The molecular formula is C32H35Cl2FN4O3. The smallest absolute Gasteiger partial charge is 0.251 e. The van der Waals surface area contributed by atoms with E-state index in [1.807, 2.05) is 18.2 Å². The van der Waals surface area contributed by atoms with Crippen molar-refractivity contribution in [3.63, 3.8) is 0 Å². The Hall–Kier alpha value is -3.33. The Bertz CT molecular complexity index is 1540. The van der Waals surface area contributed by atoms with Crippen molar-refractivity contribution in [1.29, 1.82) is 0 Å². The van der Waals surface area contributed by atoms with Gasteiger partial charge in [-0.2, -0.15) is 0 Å². The largest absolute Gasteiger partial charge is 0.495 e. The number of nitrogens with one attached hydrogen (secondary N) is 4. The molecule has 42 heavy (non-hydrogen) atoms. The molecule has 10 heteroatoms. The van der Waals surface area contributed by atoms with E-state index < -0.39 is 23.2 Å². The van der Waals surface area contributed by atoms with Crippen LogP contribution in [0.3, 0.4) is 0 Å². The summed E-state index contributed by atoms with van der Waals surface area (Å²) in [6.07, 6.45) is 0.712. The molecule has 7 nitrogen and oxygen atoms in total. The van der Waals surface area contributed by atoms with Crippen LogP contribution >= 0.6 is 23.2 Å². The highest BCUT2D eigenvalue weighted by Gasteiger charge is 2.61. The van der Waals surface area contributed by atoms with Crippen LogP contribution in [0.5, 0.6) is 5.75 Å². The maximum absolute atomic E-state index is 15.9. The highest BCUT2D eigenvalue weighted by molar-refractivity contribution is 6.31. The van der Waals surface area contributed by atoms with Crippen molar-refractivity contribution in [3.8, 4) is 5.75 Å². The molecule has 0 aliphatic carbocycles. The van der Waals surface area contributed by atoms with Gasteiger partial charge >= 0.3 is 0 Å². The molecule has 0 bridgehead atoms. The maximum Gasteiger partial charge on any atom is 0.251 e. The summed E-state index contributed by atoms with van der Waals surface area (Å²) in [5, 5.41) is 13.3. The molecule has 0 saturated carbocycles. The molecule has 2 aliphatic heterocycles. The molecule has 4 atom stereocenters. The average molecular weight is 614 g/mol. The van der Waals surface area contributed by atoms with Gasteiger partial charge in [0, 0.05) is 47.2 Å². The van der Waals surface area contributed by atoms with Crippen molar-refractivity contribution >= 4 is 46.4 Å². The number of benzene rings is 3. The van der Waals surface area contributed by atoms with E-state index in [4.69, 9.17) is 27.9 Å². The van der Waals surface area contributed by atoms with Crippen molar-refractivity contribution in [3.05, 3.63) is 87.2 Å². The number of anilines is 2. The zero-order valence-corrected chi connectivity index (χ0v) is 25.7. The monoisotopic (exact) mass is 612 g/mol. The molecular weight excluding hydrogens is 578 g/mol. The molecule has 5 rings (SSSR count). The zero-order valence-electron chi connectivity index (χ0n) is 24.2. The van der Waals surface area contributed by atoms with Crippen molar-refractivity contribution in [2.75, 3.05) is 31.3 Å². The van der Waals surface area contributed by atoms with Crippen LogP contribution in [0.25, 0.3) is 0 Å². The highest BCUT2D eigenvalue weighted by Crippen LogP contribution is 2.56. The van der Waals surface area contributed by atoms with Gasteiger partial charge in [-0.1, -0.05) is 62.2 Å². The van der Waals surface area contributed by atoms with Crippen molar-refractivity contribution in [1.82, 2.24) is 10.6 Å². The third kappa shape index (κ3) is 5.32. The van der Waals surface area contributed by atoms with Crippen molar-refractivity contribution in [2.45, 2.75) is 50.6 Å². The van der Waals surface area contributed by atoms with Gasteiger partial charge < -0.3 is 26.0 Å². The summed E-state index contributed by atoms with van der Waals surface area (Å²) in [5.74, 6) is -1.48. The predicted octanol–water partition coefficient (Wildman–Crippen LogP) is 6.36. The summed E-state index contributed by atoms with van der Waals surface area (Å²) in [6, 6.07) is 14.4. The number of carbonyl (C=O) groups is 2. The third-order valence-electron chi connectivity index (χ3n) is 8.31. The second-order valence-electron chi connectivity index (χ2n) is 12.1. The first-order valence-electron chi connectivity index (χ1n) is 13.8. The molecule has 2 amide bonds. The summed E-state index contributed by atoms with van der Waals surface area (Å²) in [4.78, 5) is 26.4. The van der Waals surface area contributed by atoms with Gasteiger partial charge in [0.15, 0.2) is 0 Å². The van der Waals surface area contributed by atoms with E-state index in [9.17, 15) is 9.59 Å². The molecule has 4 N–H and O–H groups in total. The highest BCUT2D eigenvalue weighted by atomic mass is 35.5. The van der Waals surface area contributed by atoms with Gasteiger partial charge in [-0.25, -0.2) is 4.39 Å². The normalized spacial score (nSPS) is 22.9. The Labute approximate surface area is 255 Å². The number of halogens is 3. The fourth-order valence-electron chi connectivity index (χ4n) is 6.56. The van der Waals surface area contributed by atoms with E-state index in [0.717, 1.165) is 11.3 Å². The Kier molecular flexibility index (Phi) is 8.18. The number of fused-ring (bicyclic) bond motifs is 2. The molecule has 2 aliphatic rings. The number of hydrogen-bond donors (Lipinski definition) is 4. The van der Waals surface area contributed by atoms with E-state index in [0.29, 0.717) is 40.6 Å². The Balaban J connectivity index is 1.65. The lowest BCUT2D eigenvalue weighted by molar-refractivity contribution is -0.118. The number of rotatable bonds is 6. The molecule has 222 valence electrons. The van der Waals surface area contributed by atoms with Gasteiger partial charge in [0.2, 0.25) is 5.91 Å². The molecule has 0 aromatic heterocycles. The molecule has 3 aromatic carbocycles. The fourth-order valence-corrected chi connectivity index (χ4v) is 6.91. The first-order chi connectivity index (χ1) is 19.9. The lowest BCUT2D eigenvalue weighted by Gasteiger charge is -2.39. The third-order valence-corrected chi connectivity index (χ3v) is 8.84. The van der Waals surface area contributed by atoms with Gasteiger partial charge in [-0.05, 0) is 59.4 Å². The first-order valence-corrected chi connectivity index (χ1v) is 14.6. The lowest BCUT2D eigenvalue weighted by atomic mass is 9.63. The van der Waals surface area contributed by atoms with Crippen LogP contribution in [0.1, 0.15) is 54.6 Å². The number of ether oxygens (including phenoxy) is 1. The standard InChI is InChI=1S/C32H35Cl2FN4O3/c1-31(2,3)15-25-32(16-37-23-14-18(33)10-11-20(23)32)26(19-7-6-8-21(34)27(19)35)28(39-25)30(41)38-22-12-9-17(29(40)36-4)13-24(22)42-5/h6-14,25-26,28,37,39H,15-16H2,1-5H3,(H,36,40)(H,38,41)/t25-,26-,28+,32-/m0/s1. The van der Waals surface area contributed by atoms with Gasteiger partial charge in [-0.15, -0.1) is 0 Å². The number of hydrogen-bond acceptors (Lipinski definition) is 5. The van der Waals surface area contributed by atoms with Crippen LogP contribution in [0.2, 0.25) is 10.0 Å². The van der Waals surface area contributed by atoms with Gasteiger partial charge in [0.1, 0.15) is 11.6 Å². The second kappa shape index (κ2) is 11.4. The Morgan fingerprint density at radius 1 is 1.12 bits per heavy atom. The molecule has 1 saturated heterocycles. The SMILES string of the molecule is CNC(=O)c1ccc(NC(=O)[C@@H]2N[C@@H](CC(C)(C)C)[C@@]3(CNc4cc(Cl)ccc43)[C@H]2c2cccc(Cl)c2F)c(OC)c1. The summed E-state index contributed by atoms with van der Waals surface area (Å²) in [7, 11) is 3.01. The number of carbonyl (C=O) groups excluding carboxylic acids is 2. The van der Waals surface area contributed by atoms with E-state index in [2.05, 4.69) is 42.0 Å². The van der Waals surface area contributed by atoms with Crippen molar-refractivity contribution in [2.24, 2.45) is 5.41 Å². The quantitative estimate of drug-likeness (QED) is 0.260.